The van der Waals surface area contributed by atoms with E-state index < -0.39 is 5.97 Å². The highest BCUT2D eigenvalue weighted by Crippen LogP contribution is 2.31. The Morgan fingerprint density at radius 2 is 2.06 bits per heavy atom. The fraction of sp³-hybridized carbons (Fsp3) is 0.308. The largest absolute Gasteiger partial charge is 0.496 e. The van der Waals surface area contributed by atoms with Crippen LogP contribution >= 0.6 is 0 Å². The molecule has 0 radical (unpaired) electrons. The number of ether oxygens (including phenoxy) is 1. The number of nitrogens with zero attached hydrogens (tertiary/aromatic N) is 1. The number of fused-ring (bicyclic) bond motifs is 1. The van der Waals surface area contributed by atoms with Crippen molar-refractivity contribution in [2.24, 2.45) is 5.92 Å². The average molecular weight is 432 g/mol. The molecule has 6 nitrogen and oxygen atoms in total. The van der Waals surface area contributed by atoms with Crippen LogP contribution in [0.5, 0.6) is 5.75 Å². The lowest BCUT2D eigenvalue weighted by Gasteiger charge is -2.33. The summed E-state index contributed by atoms with van der Waals surface area (Å²) in [5.41, 5.74) is 5.31. The molecule has 32 heavy (non-hydrogen) atoms. The molecular formula is C26H29N3O3. The van der Waals surface area contributed by atoms with Gasteiger partial charge in [0, 0.05) is 24.7 Å². The molecule has 6 heteroatoms. The van der Waals surface area contributed by atoms with Gasteiger partial charge in [-0.15, -0.1) is 0 Å². The molecule has 1 aromatic heterocycles. The molecule has 3 aromatic rings. The van der Waals surface area contributed by atoms with E-state index in [4.69, 9.17) is 9.84 Å². The van der Waals surface area contributed by atoms with E-state index in [1.165, 1.54) is 5.56 Å². The Bertz CT molecular complexity index is 1060. The summed E-state index contributed by atoms with van der Waals surface area (Å²) >= 11 is 0. The van der Waals surface area contributed by atoms with Gasteiger partial charge >= 0.3 is 5.97 Å². The number of nitrogens with one attached hydrogen (secondary N) is 2. The van der Waals surface area contributed by atoms with Crippen molar-refractivity contribution >= 4 is 11.7 Å². The van der Waals surface area contributed by atoms with Crippen LogP contribution < -0.4 is 15.4 Å². The first-order valence-electron chi connectivity index (χ1n) is 11.0. The van der Waals surface area contributed by atoms with E-state index in [9.17, 15) is 4.79 Å². The maximum absolute atomic E-state index is 11.0. The highest BCUT2D eigenvalue weighted by atomic mass is 16.5. The summed E-state index contributed by atoms with van der Waals surface area (Å²) in [6.45, 7) is 1.66. The standard InChI is InChI=1S/C26H29N3O3/c1-32-24-14-18(15-25(30)31)9-10-19(24)11-13-28-26(20-6-3-2-4-7-20)21-16-23-22(29-17-21)8-5-12-27-23/h2-10,12,14,21,26,28-29H,11,13,15-17H2,1H3,(H,30,31)/t21-,26-/m1/s1. The predicted octanol–water partition coefficient (Wildman–Crippen LogP) is 3.88. The topological polar surface area (TPSA) is 83.5 Å². The second kappa shape index (κ2) is 10.3. The Kier molecular flexibility index (Phi) is 7.02. The summed E-state index contributed by atoms with van der Waals surface area (Å²) in [6.07, 6.45) is 3.56. The van der Waals surface area contributed by atoms with Crippen LogP contribution in [0.25, 0.3) is 0 Å². The van der Waals surface area contributed by atoms with Crippen molar-refractivity contribution < 1.29 is 14.6 Å². The molecule has 166 valence electrons. The van der Waals surface area contributed by atoms with Crippen molar-refractivity contribution in [3.63, 3.8) is 0 Å². The first kappa shape index (κ1) is 21.8. The molecule has 2 heterocycles. The number of carbonyl (C=O) groups is 1. The van der Waals surface area contributed by atoms with Gasteiger partial charge in [0.1, 0.15) is 5.75 Å². The van der Waals surface area contributed by atoms with Gasteiger partial charge in [0.2, 0.25) is 0 Å². The summed E-state index contributed by atoms with van der Waals surface area (Å²) in [6, 6.07) is 20.5. The molecule has 1 aliphatic heterocycles. The minimum absolute atomic E-state index is 0.00480. The zero-order chi connectivity index (χ0) is 22.3. The maximum atomic E-state index is 11.0. The second-order valence-corrected chi connectivity index (χ2v) is 8.15. The molecule has 0 unspecified atom stereocenters. The van der Waals surface area contributed by atoms with E-state index in [0.29, 0.717) is 5.92 Å². The normalized spacial score (nSPS) is 16.0. The number of carboxylic acids is 1. The van der Waals surface area contributed by atoms with Crippen molar-refractivity contribution in [3.8, 4) is 5.75 Å². The number of pyridine rings is 1. The predicted molar refractivity (Wildman–Crippen MR) is 125 cm³/mol. The van der Waals surface area contributed by atoms with E-state index in [1.807, 2.05) is 36.5 Å². The van der Waals surface area contributed by atoms with Gasteiger partial charge in [-0.1, -0.05) is 42.5 Å². The molecule has 0 saturated carbocycles. The fourth-order valence-electron chi connectivity index (χ4n) is 4.42. The Morgan fingerprint density at radius 3 is 2.84 bits per heavy atom. The molecule has 0 aliphatic carbocycles. The van der Waals surface area contributed by atoms with Gasteiger partial charge < -0.3 is 20.5 Å². The first-order chi connectivity index (χ1) is 15.6. The Hall–Kier alpha value is -3.38. The number of rotatable bonds is 9. The highest BCUT2D eigenvalue weighted by molar-refractivity contribution is 5.70. The van der Waals surface area contributed by atoms with Crippen molar-refractivity contribution in [1.29, 1.82) is 0 Å². The summed E-state index contributed by atoms with van der Waals surface area (Å²) in [5.74, 6) is 0.267. The van der Waals surface area contributed by atoms with Crippen LogP contribution in [0.1, 0.15) is 28.4 Å². The van der Waals surface area contributed by atoms with Gasteiger partial charge in [-0.25, -0.2) is 0 Å². The van der Waals surface area contributed by atoms with Crippen molar-refractivity contribution in [2.45, 2.75) is 25.3 Å². The molecule has 0 bridgehead atoms. The molecule has 0 fully saturated rings. The van der Waals surface area contributed by atoms with E-state index in [0.717, 1.165) is 54.2 Å². The van der Waals surface area contributed by atoms with Crippen molar-refractivity contribution in [3.05, 3.63) is 89.2 Å². The lowest BCUT2D eigenvalue weighted by Crippen LogP contribution is -2.37. The minimum atomic E-state index is -0.843. The van der Waals surface area contributed by atoms with Gasteiger partial charge in [0.15, 0.2) is 0 Å². The lowest BCUT2D eigenvalue weighted by molar-refractivity contribution is -0.136. The van der Waals surface area contributed by atoms with Crippen LogP contribution in [0, 0.1) is 5.92 Å². The van der Waals surface area contributed by atoms with Gasteiger partial charge in [0.25, 0.3) is 0 Å². The number of aromatic nitrogens is 1. The second-order valence-electron chi connectivity index (χ2n) is 8.15. The number of hydrogen-bond donors (Lipinski definition) is 3. The lowest BCUT2D eigenvalue weighted by atomic mass is 9.86. The van der Waals surface area contributed by atoms with Crippen molar-refractivity contribution in [1.82, 2.24) is 10.3 Å². The van der Waals surface area contributed by atoms with Crippen LogP contribution in [0.15, 0.2) is 66.9 Å². The van der Waals surface area contributed by atoms with Crippen LogP contribution in [-0.4, -0.2) is 36.3 Å². The Labute approximate surface area is 188 Å². The average Bonchev–Trinajstić information content (AvgIpc) is 2.82. The quantitative estimate of drug-likeness (QED) is 0.477. The number of aliphatic carboxylic acids is 1. The Balaban J connectivity index is 1.47. The molecule has 0 amide bonds. The number of methoxy groups -OCH3 is 1. The smallest absolute Gasteiger partial charge is 0.307 e. The summed E-state index contributed by atoms with van der Waals surface area (Å²) < 4.78 is 5.53. The third kappa shape index (κ3) is 5.26. The third-order valence-corrected chi connectivity index (χ3v) is 6.00. The first-order valence-corrected chi connectivity index (χ1v) is 11.0. The van der Waals surface area contributed by atoms with Gasteiger partial charge in [-0.2, -0.15) is 0 Å². The number of anilines is 1. The summed E-state index contributed by atoms with van der Waals surface area (Å²) in [5, 5.41) is 16.3. The van der Waals surface area contributed by atoms with Crippen LogP contribution in [0.2, 0.25) is 0 Å². The maximum Gasteiger partial charge on any atom is 0.307 e. The Morgan fingerprint density at radius 1 is 1.22 bits per heavy atom. The SMILES string of the molecule is COc1cc(CC(=O)O)ccc1CCN[C@H](c1ccccc1)[C@H]1CNc2cccnc2C1. The van der Waals surface area contributed by atoms with Gasteiger partial charge in [-0.05, 0) is 54.3 Å². The highest BCUT2D eigenvalue weighted by Gasteiger charge is 2.27. The van der Waals surface area contributed by atoms with E-state index in [1.54, 1.807) is 7.11 Å². The molecule has 4 rings (SSSR count). The molecule has 1 aliphatic rings. The zero-order valence-electron chi connectivity index (χ0n) is 18.3. The van der Waals surface area contributed by atoms with Crippen LogP contribution in [0.3, 0.4) is 0 Å². The van der Waals surface area contributed by atoms with E-state index in [2.05, 4.69) is 45.9 Å². The summed E-state index contributed by atoms with van der Waals surface area (Å²) in [7, 11) is 1.63. The van der Waals surface area contributed by atoms with Gasteiger partial charge in [-0.3, -0.25) is 9.78 Å². The van der Waals surface area contributed by atoms with E-state index in [-0.39, 0.29) is 12.5 Å². The monoisotopic (exact) mass is 431 g/mol. The molecule has 2 atom stereocenters. The number of hydrogen-bond acceptors (Lipinski definition) is 5. The van der Waals surface area contributed by atoms with Crippen LogP contribution in [0.4, 0.5) is 5.69 Å². The zero-order valence-corrected chi connectivity index (χ0v) is 18.3. The molecule has 0 spiro atoms. The molecule has 0 saturated heterocycles. The molecular weight excluding hydrogens is 402 g/mol. The number of carboxylic acid groups (broad SMARTS) is 1. The van der Waals surface area contributed by atoms with Crippen LogP contribution in [-0.2, 0) is 24.1 Å². The minimum Gasteiger partial charge on any atom is -0.496 e. The van der Waals surface area contributed by atoms with Gasteiger partial charge in [0.05, 0.1) is 24.9 Å². The van der Waals surface area contributed by atoms with Crippen molar-refractivity contribution in [2.75, 3.05) is 25.5 Å². The third-order valence-electron chi connectivity index (χ3n) is 6.00. The summed E-state index contributed by atoms with van der Waals surface area (Å²) in [4.78, 5) is 15.6. The molecule has 3 N–H and O–H groups in total. The number of benzene rings is 2. The fourth-order valence-corrected chi connectivity index (χ4v) is 4.42. The van der Waals surface area contributed by atoms with E-state index >= 15 is 0 Å². The molecule has 2 aromatic carbocycles.